The van der Waals surface area contributed by atoms with Crippen LogP contribution in [-0.2, 0) is 12.8 Å². The Kier molecular flexibility index (Phi) is 3.62. The van der Waals surface area contributed by atoms with Gasteiger partial charge in [-0.3, -0.25) is 0 Å². The van der Waals surface area contributed by atoms with E-state index in [1.807, 2.05) is 0 Å². The van der Waals surface area contributed by atoms with Crippen molar-refractivity contribution in [3.63, 3.8) is 0 Å². The van der Waals surface area contributed by atoms with Crippen LogP contribution in [0.2, 0.25) is 0 Å². The molecule has 2 aromatic carbocycles. The zero-order chi connectivity index (χ0) is 14.0. The fraction of sp³-hybridized carbons (Fsp3) is 0.200. The Hall–Kier alpha value is -1.81. The fourth-order valence-electron chi connectivity index (χ4n) is 2.03. The van der Waals surface area contributed by atoms with E-state index >= 15 is 0 Å². The number of rotatable bonds is 2. The third-order valence-corrected chi connectivity index (χ3v) is 3.01. The molecular formula is C15H13F3O. The van der Waals surface area contributed by atoms with Crippen LogP contribution >= 0.6 is 0 Å². The number of halogens is 3. The number of hydrogen-bond acceptors (Lipinski definition) is 1. The molecule has 2 aromatic rings. The number of aliphatic hydroxyl groups is 1. The summed E-state index contributed by atoms with van der Waals surface area (Å²) in [5.41, 5.74) is 1.02. The summed E-state index contributed by atoms with van der Waals surface area (Å²) in [6, 6.07) is 10.9. The maximum atomic E-state index is 13.1. The lowest BCUT2D eigenvalue weighted by Gasteiger charge is -2.15. The number of hydrogen-bond donors (Lipinski definition) is 1. The molecule has 0 bridgehead atoms. The maximum absolute atomic E-state index is 13.1. The van der Waals surface area contributed by atoms with Crippen molar-refractivity contribution in [2.45, 2.75) is 19.7 Å². The van der Waals surface area contributed by atoms with E-state index in [0.717, 1.165) is 11.6 Å². The Morgan fingerprint density at radius 2 is 1.68 bits per heavy atom. The predicted molar refractivity (Wildman–Crippen MR) is 67.5 cm³/mol. The molecule has 1 nitrogen and oxygen atoms in total. The van der Waals surface area contributed by atoms with Crippen LogP contribution in [0.15, 0.2) is 42.5 Å². The van der Waals surface area contributed by atoms with Crippen molar-refractivity contribution in [1.29, 1.82) is 0 Å². The molecule has 0 aliphatic heterocycles. The van der Waals surface area contributed by atoms with Gasteiger partial charge >= 0.3 is 6.18 Å². The minimum Gasteiger partial charge on any atom is -0.392 e. The van der Waals surface area contributed by atoms with Crippen molar-refractivity contribution < 1.29 is 18.3 Å². The average Bonchev–Trinajstić information content (AvgIpc) is 2.38. The monoisotopic (exact) mass is 266 g/mol. The summed E-state index contributed by atoms with van der Waals surface area (Å²) in [7, 11) is 0. The largest absolute Gasteiger partial charge is 0.417 e. The second kappa shape index (κ2) is 5.05. The normalized spacial score (nSPS) is 11.6. The first-order chi connectivity index (χ1) is 8.93. The molecule has 4 heteroatoms. The van der Waals surface area contributed by atoms with E-state index in [4.69, 9.17) is 5.11 Å². The summed E-state index contributed by atoms with van der Waals surface area (Å²) in [6.45, 7) is 1.37. The third-order valence-electron chi connectivity index (χ3n) is 3.01. The van der Waals surface area contributed by atoms with Crippen LogP contribution in [0.3, 0.4) is 0 Å². The van der Waals surface area contributed by atoms with Gasteiger partial charge in [0, 0.05) is 0 Å². The Morgan fingerprint density at radius 1 is 1.00 bits per heavy atom. The molecule has 0 aliphatic carbocycles. The van der Waals surface area contributed by atoms with Crippen molar-refractivity contribution in [2.75, 3.05) is 0 Å². The van der Waals surface area contributed by atoms with Crippen LogP contribution in [0.25, 0.3) is 11.1 Å². The van der Waals surface area contributed by atoms with E-state index in [2.05, 4.69) is 0 Å². The molecule has 0 atom stereocenters. The van der Waals surface area contributed by atoms with Gasteiger partial charge in [-0.2, -0.15) is 13.2 Å². The smallest absolute Gasteiger partial charge is 0.392 e. The minimum absolute atomic E-state index is 0.141. The quantitative estimate of drug-likeness (QED) is 0.864. The first kappa shape index (κ1) is 13.6. The first-order valence-corrected chi connectivity index (χ1v) is 5.80. The fourth-order valence-corrected chi connectivity index (χ4v) is 2.03. The number of benzene rings is 2. The zero-order valence-electron chi connectivity index (χ0n) is 10.3. The topological polar surface area (TPSA) is 20.2 Å². The summed E-state index contributed by atoms with van der Waals surface area (Å²) < 4.78 is 39.3. The van der Waals surface area contributed by atoms with Crippen LogP contribution in [-0.4, -0.2) is 5.11 Å². The molecule has 1 N–H and O–H groups in total. The van der Waals surface area contributed by atoms with Gasteiger partial charge in [-0.25, -0.2) is 0 Å². The van der Waals surface area contributed by atoms with Gasteiger partial charge in [0.05, 0.1) is 12.2 Å². The standard InChI is InChI=1S/C15H13F3O/c1-10-4-2-3-5-12(10)13-7-6-11(9-19)8-14(13)15(16,17)18/h2-8,19H,9H2,1H3. The molecule has 0 fully saturated rings. The molecule has 0 heterocycles. The molecule has 0 saturated carbocycles. The van der Waals surface area contributed by atoms with Gasteiger partial charge in [-0.15, -0.1) is 0 Å². The van der Waals surface area contributed by atoms with Crippen molar-refractivity contribution in [1.82, 2.24) is 0 Å². The molecule has 0 amide bonds. The highest BCUT2D eigenvalue weighted by atomic mass is 19.4. The van der Waals surface area contributed by atoms with E-state index in [-0.39, 0.29) is 11.1 Å². The Labute approximate surface area is 109 Å². The molecule has 0 aliphatic rings. The lowest BCUT2D eigenvalue weighted by Crippen LogP contribution is -2.08. The third kappa shape index (κ3) is 2.79. The molecule has 0 aromatic heterocycles. The highest BCUT2D eigenvalue weighted by Gasteiger charge is 2.34. The highest BCUT2D eigenvalue weighted by molar-refractivity contribution is 5.71. The molecule has 2 rings (SSSR count). The summed E-state index contributed by atoms with van der Waals surface area (Å²) in [6.07, 6.45) is -4.44. The van der Waals surface area contributed by atoms with E-state index in [1.165, 1.54) is 12.1 Å². The van der Waals surface area contributed by atoms with Crippen LogP contribution < -0.4 is 0 Å². The maximum Gasteiger partial charge on any atom is 0.417 e. The van der Waals surface area contributed by atoms with Crippen molar-refractivity contribution in [2.24, 2.45) is 0 Å². The van der Waals surface area contributed by atoms with Crippen LogP contribution in [0.5, 0.6) is 0 Å². The summed E-state index contributed by atoms with van der Waals surface area (Å²) >= 11 is 0. The van der Waals surface area contributed by atoms with E-state index in [0.29, 0.717) is 5.56 Å². The van der Waals surface area contributed by atoms with Gasteiger partial charge in [0.1, 0.15) is 0 Å². The molecule has 0 radical (unpaired) electrons. The van der Waals surface area contributed by atoms with E-state index < -0.39 is 18.3 Å². The Morgan fingerprint density at radius 3 is 2.26 bits per heavy atom. The van der Waals surface area contributed by atoms with Crippen LogP contribution in [0, 0.1) is 6.92 Å². The molecule has 19 heavy (non-hydrogen) atoms. The highest BCUT2D eigenvalue weighted by Crippen LogP contribution is 2.38. The van der Waals surface area contributed by atoms with Gasteiger partial charge in [-0.05, 0) is 35.2 Å². The zero-order valence-corrected chi connectivity index (χ0v) is 10.3. The minimum atomic E-state index is -4.44. The molecular weight excluding hydrogens is 253 g/mol. The molecule has 0 saturated heterocycles. The van der Waals surface area contributed by atoms with Gasteiger partial charge in [0.15, 0.2) is 0 Å². The van der Waals surface area contributed by atoms with E-state index in [9.17, 15) is 13.2 Å². The number of aryl methyl sites for hydroxylation is 1. The average molecular weight is 266 g/mol. The number of aliphatic hydroxyl groups excluding tert-OH is 1. The molecule has 0 unspecified atom stereocenters. The van der Waals surface area contributed by atoms with Gasteiger partial charge in [-0.1, -0.05) is 36.4 Å². The predicted octanol–water partition coefficient (Wildman–Crippen LogP) is 4.17. The summed E-state index contributed by atoms with van der Waals surface area (Å²) in [5, 5.41) is 8.98. The molecule has 0 spiro atoms. The van der Waals surface area contributed by atoms with Gasteiger partial charge < -0.3 is 5.11 Å². The van der Waals surface area contributed by atoms with Gasteiger partial charge in [0.25, 0.3) is 0 Å². The summed E-state index contributed by atoms with van der Waals surface area (Å²) in [5.74, 6) is 0. The molecule has 100 valence electrons. The Balaban J connectivity index is 2.67. The van der Waals surface area contributed by atoms with Crippen molar-refractivity contribution in [3.05, 3.63) is 59.2 Å². The van der Waals surface area contributed by atoms with Crippen LogP contribution in [0.4, 0.5) is 13.2 Å². The SMILES string of the molecule is Cc1ccccc1-c1ccc(CO)cc1C(F)(F)F. The number of alkyl halides is 3. The van der Waals surface area contributed by atoms with Gasteiger partial charge in [0.2, 0.25) is 0 Å². The first-order valence-electron chi connectivity index (χ1n) is 5.80. The van der Waals surface area contributed by atoms with Crippen molar-refractivity contribution in [3.8, 4) is 11.1 Å². The second-order valence-corrected chi connectivity index (χ2v) is 4.35. The van der Waals surface area contributed by atoms with Crippen LogP contribution in [0.1, 0.15) is 16.7 Å². The lowest BCUT2D eigenvalue weighted by atomic mass is 9.94. The lowest BCUT2D eigenvalue weighted by molar-refractivity contribution is -0.137. The van der Waals surface area contributed by atoms with E-state index in [1.54, 1.807) is 31.2 Å². The Bertz CT molecular complexity index is 588. The summed E-state index contributed by atoms with van der Waals surface area (Å²) in [4.78, 5) is 0. The second-order valence-electron chi connectivity index (χ2n) is 4.35. The van der Waals surface area contributed by atoms with Crippen molar-refractivity contribution >= 4 is 0 Å².